The summed E-state index contributed by atoms with van der Waals surface area (Å²) in [5, 5.41) is 0. The summed E-state index contributed by atoms with van der Waals surface area (Å²) < 4.78 is 5.52. The minimum Gasteiger partial charge on any atom is -0.495 e. The summed E-state index contributed by atoms with van der Waals surface area (Å²) >= 11 is 1.83. The fourth-order valence-electron chi connectivity index (χ4n) is 4.33. The molecule has 0 spiro atoms. The van der Waals surface area contributed by atoms with Gasteiger partial charge in [0.25, 0.3) is 0 Å². The van der Waals surface area contributed by atoms with Crippen molar-refractivity contribution in [2.75, 3.05) is 64.4 Å². The molecule has 152 valence electrons. The molecule has 6 heteroatoms. The van der Waals surface area contributed by atoms with Crippen molar-refractivity contribution in [2.45, 2.75) is 25.7 Å². The number of para-hydroxylation sites is 2. The van der Waals surface area contributed by atoms with Gasteiger partial charge in [0.05, 0.1) is 24.0 Å². The fourth-order valence-corrected chi connectivity index (χ4v) is 5.14. The van der Waals surface area contributed by atoms with Gasteiger partial charge in [0.2, 0.25) is 0 Å². The Kier molecular flexibility index (Phi) is 6.83. The van der Waals surface area contributed by atoms with E-state index in [-0.39, 0.29) is 0 Å². The lowest BCUT2D eigenvalue weighted by molar-refractivity contribution is 0.236. The molecule has 1 saturated heterocycles. The molecule has 0 atom stereocenters. The number of piperazine rings is 1. The van der Waals surface area contributed by atoms with Gasteiger partial charge in [-0.3, -0.25) is 4.90 Å². The van der Waals surface area contributed by atoms with Crippen LogP contribution in [0.3, 0.4) is 0 Å². The third-order valence-corrected chi connectivity index (χ3v) is 6.98. The SMILES string of the molecule is COc1ccccc1N1CCN(CCCCN2CCc3ncsc3CC2)CC1. The standard InChI is InChI=1S/C22H32N4OS/c1-27-21-7-3-2-6-20(21)26-16-14-25(15-17-26)11-5-4-10-24-12-8-19-22(9-13-24)28-18-23-19/h2-3,6-7,18H,4-5,8-17H2,1H3. The van der Waals surface area contributed by atoms with E-state index in [2.05, 4.69) is 37.9 Å². The van der Waals surface area contributed by atoms with E-state index in [9.17, 15) is 0 Å². The van der Waals surface area contributed by atoms with E-state index in [0.717, 1.165) is 38.3 Å². The van der Waals surface area contributed by atoms with Gasteiger partial charge >= 0.3 is 0 Å². The smallest absolute Gasteiger partial charge is 0.142 e. The summed E-state index contributed by atoms with van der Waals surface area (Å²) in [6, 6.07) is 8.37. The zero-order valence-corrected chi connectivity index (χ0v) is 17.8. The summed E-state index contributed by atoms with van der Waals surface area (Å²) in [6.07, 6.45) is 4.91. The second kappa shape index (κ2) is 9.72. The molecule has 2 aromatic rings. The third-order valence-electron chi connectivity index (χ3n) is 6.04. The Balaban J connectivity index is 1.14. The quantitative estimate of drug-likeness (QED) is 0.667. The molecule has 0 unspecified atom stereocenters. The Hall–Kier alpha value is -1.63. The van der Waals surface area contributed by atoms with E-state index >= 15 is 0 Å². The van der Waals surface area contributed by atoms with E-state index in [0.29, 0.717) is 0 Å². The van der Waals surface area contributed by atoms with Crippen LogP contribution < -0.4 is 9.64 Å². The van der Waals surface area contributed by atoms with Crippen LogP contribution in [0.2, 0.25) is 0 Å². The van der Waals surface area contributed by atoms with Crippen molar-refractivity contribution in [3.8, 4) is 5.75 Å². The number of methoxy groups -OCH3 is 1. The number of hydrogen-bond donors (Lipinski definition) is 0. The van der Waals surface area contributed by atoms with Crippen LogP contribution in [0.25, 0.3) is 0 Å². The Morgan fingerprint density at radius 1 is 0.929 bits per heavy atom. The highest BCUT2D eigenvalue weighted by Gasteiger charge is 2.19. The van der Waals surface area contributed by atoms with Gasteiger partial charge in [0, 0.05) is 50.6 Å². The van der Waals surface area contributed by atoms with E-state index in [1.165, 1.54) is 61.7 Å². The molecular formula is C22H32N4OS. The van der Waals surface area contributed by atoms with Crippen LogP contribution in [0.5, 0.6) is 5.75 Å². The molecule has 0 radical (unpaired) electrons. The summed E-state index contributed by atoms with van der Waals surface area (Å²) in [5.74, 6) is 0.984. The topological polar surface area (TPSA) is 31.8 Å². The molecular weight excluding hydrogens is 368 g/mol. The number of thiazole rings is 1. The van der Waals surface area contributed by atoms with Gasteiger partial charge in [-0.1, -0.05) is 12.1 Å². The van der Waals surface area contributed by atoms with Crippen LogP contribution in [-0.4, -0.2) is 74.3 Å². The van der Waals surface area contributed by atoms with Crippen LogP contribution in [0.1, 0.15) is 23.4 Å². The largest absolute Gasteiger partial charge is 0.495 e. The van der Waals surface area contributed by atoms with E-state index in [1.54, 1.807) is 7.11 Å². The molecule has 0 amide bonds. The Morgan fingerprint density at radius 3 is 2.43 bits per heavy atom. The van der Waals surface area contributed by atoms with Gasteiger partial charge in [-0.05, 0) is 44.5 Å². The van der Waals surface area contributed by atoms with Crippen molar-refractivity contribution in [3.05, 3.63) is 40.3 Å². The van der Waals surface area contributed by atoms with E-state index in [1.807, 2.05) is 22.9 Å². The third kappa shape index (κ3) is 4.85. The minimum atomic E-state index is 0.984. The van der Waals surface area contributed by atoms with Crippen LogP contribution in [0.15, 0.2) is 29.8 Å². The van der Waals surface area contributed by atoms with Crippen molar-refractivity contribution in [3.63, 3.8) is 0 Å². The molecule has 1 fully saturated rings. The Labute approximate surface area is 172 Å². The number of rotatable bonds is 7. The molecule has 1 aromatic carbocycles. The molecule has 5 nitrogen and oxygen atoms in total. The molecule has 3 heterocycles. The first-order valence-corrected chi connectivity index (χ1v) is 11.5. The van der Waals surface area contributed by atoms with Crippen molar-refractivity contribution >= 4 is 17.0 Å². The molecule has 1 aromatic heterocycles. The fraction of sp³-hybridized carbons (Fsp3) is 0.591. The minimum absolute atomic E-state index is 0.984. The van der Waals surface area contributed by atoms with Crippen LogP contribution in [-0.2, 0) is 12.8 Å². The maximum atomic E-state index is 5.52. The lowest BCUT2D eigenvalue weighted by Crippen LogP contribution is -2.46. The molecule has 28 heavy (non-hydrogen) atoms. The first-order chi connectivity index (χ1) is 13.8. The zero-order valence-electron chi connectivity index (χ0n) is 17.0. The first kappa shape index (κ1) is 19.7. The number of benzene rings is 1. The lowest BCUT2D eigenvalue weighted by Gasteiger charge is -2.36. The molecule has 0 bridgehead atoms. The number of fused-ring (bicyclic) bond motifs is 1. The summed E-state index contributed by atoms with van der Waals surface area (Å²) in [7, 11) is 1.76. The lowest BCUT2D eigenvalue weighted by atomic mass is 10.2. The average molecular weight is 401 g/mol. The van der Waals surface area contributed by atoms with Gasteiger partial charge in [0.15, 0.2) is 0 Å². The van der Waals surface area contributed by atoms with Crippen LogP contribution in [0.4, 0.5) is 5.69 Å². The van der Waals surface area contributed by atoms with Crippen molar-refractivity contribution in [1.82, 2.24) is 14.8 Å². The second-order valence-electron chi connectivity index (χ2n) is 7.77. The van der Waals surface area contributed by atoms with Gasteiger partial charge in [-0.15, -0.1) is 11.3 Å². The predicted octanol–water partition coefficient (Wildman–Crippen LogP) is 3.15. The maximum Gasteiger partial charge on any atom is 0.142 e. The highest BCUT2D eigenvalue weighted by molar-refractivity contribution is 7.09. The van der Waals surface area contributed by atoms with Crippen LogP contribution in [0, 0.1) is 0 Å². The zero-order chi connectivity index (χ0) is 19.2. The maximum absolute atomic E-state index is 5.52. The van der Waals surface area contributed by atoms with Crippen molar-refractivity contribution < 1.29 is 4.74 Å². The highest BCUT2D eigenvalue weighted by atomic mass is 32.1. The molecule has 0 aliphatic carbocycles. The molecule has 4 rings (SSSR count). The van der Waals surface area contributed by atoms with Crippen LogP contribution >= 0.6 is 11.3 Å². The number of unbranched alkanes of at least 4 members (excludes halogenated alkanes) is 1. The number of hydrogen-bond acceptors (Lipinski definition) is 6. The monoisotopic (exact) mass is 400 g/mol. The summed E-state index contributed by atoms with van der Waals surface area (Å²) in [5.41, 5.74) is 4.59. The highest BCUT2D eigenvalue weighted by Crippen LogP contribution is 2.28. The summed E-state index contributed by atoms with van der Waals surface area (Å²) in [6.45, 7) is 9.30. The number of aromatic nitrogens is 1. The molecule has 2 aliphatic rings. The van der Waals surface area contributed by atoms with Gasteiger partial charge in [-0.25, -0.2) is 4.98 Å². The predicted molar refractivity (Wildman–Crippen MR) is 117 cm³/mol. The normalized spacial score (nSPS) is 18.7. The number of anilines is 1. The van der Waals surface area contributed by atoms with Gasteiger partial charge in [0.1, 0.15) is 5.75 Å². The van der Waals surface area contributed by atoms with Crippen molar-refractivity contribution in [2.24, 2.45) is 0 Å². The van der Waals surface area contributed by atoms with Gasteiger partial charge in [-0.2, -0.15) is 0 Å². The number of nitrogens with zero attached hydrogens (tertiary/aromatic N) is 4. The molecule has 2 aliphatic heterocycles. The Bertz CT molecular complexity index is 719. The first-order valence-electron chi connectivity index (χ1n) is 10.6. The van der Waals surface area contributed by atoms with E-state index < -0.39 is 0 Å². The summed E-state index contributed by atoms with van der Waals surface area (Å²) in [4.78, 5) is 13.7. The molecule has 0 saturated carbocycles. The Morgan fingerprint density at radius 2 is 1.64 bits per heavy atom. The van der Waals surface area contributed by atoms with E-state index in [4.69, 9.17) is 4.74 Å². The van der Waals surface area contributed by atoms with Crippen molar-refractivity contribution in [1.29, 1.82) is 0 Å². The average Bonchev–Trinajstić information content (AvgIpc) is 3.11. The van der Waals surface area contributed by atoms with Gasteiger partial charge < -0.3 is 14.5 Å². The number of ether oxygens (including phenoxy) is 1. The molecule has 0 N–H and O–H groups in total. The second-order valence-corrected chi connectivity index (χ2v) is 8.71.